The van der Waals surface area contributed by atoms with Gasteiger partial charge < -0.3 is 18.4 Å². The number of nitrogens with zero attached hydrogens (tertiary/aromatic N) is 1. The van der Waals surface area contributed by atoms with Gasteiger partial charge >= 0.3 is 5.97 Å². The van der Waals surface area contributed by atoms with Gasteiger partial charge in [-0.1, -0.05) is 53.7 Å². The van der Waals surface area contributed by atoms with Gasteiger partial charge in [0.2, 0.25) is 5.76 Å². The van der Waals surface area contributed by atoms with E-state index in [0.29, 0.717) is 29.2 Å². The molecule has 0 aliphatic rings. The van der Waals surface area contributed by atoms with Gasteiger partial charge in [-0.25, -0.2) is 4.79 Å². The topological polar surface area (TPSA) is 74.7 Å². The van der Waals surface area contributed by atoms with Gasteiger partial charge in [0.1, 0.15) is 17.9 Å². The molecule has 0 N–H and O–H groups in total. The normalized spacial score (nSPS) is 11.0. The van der Waals surface area contributed by atoms with Gasteiger partial charge in [0, 0.05) is 29.2 Å². The zero-order chi connectivity index (χ0) is 19.3. The molecule has 6 nitrogen and oxygen atoms in total. The van der Waals surface area contributed by atoms with Gasteiger partial charge in [-0.3, -0.25) is 0 Å². The van der Waals surface area contributed by atoms with E-state index in [4.69, 9.17) is 18.4 Å². The monoisotopic (exact) mass is 377 g/mol. The molecule has 2 aromatic carbocycles. The van der Waals surface area contributed by atoms with E-state index in [1.807, 2.05) is 61.5 Å². The van der Waals surface area contributed by atoms with E-state index in [0.717, 1.165) is 10.9 Å². The van der Waals surface area contributed by atoms with Gasteiger partial charge in [0.25, 0.3) is 0 Å². The lowest BCUT2D eigenvalue weighted by Gasteiger charge is -2.04. The van der Waals surface area contributed by atoms with E-state index in [1.54, 1.807) is 6.07 Å². The molecule has 28 heavy (non-hydrogen) atoms. The van der Waals surface area contributed by atoms with Crippen LogP contribution < -0.4 is 0 Å². The molecule has 0 saturated heterocycles. The second kappa shape index (κ2) is 8.10. The standard InChI is InChI=1S/C22H19NO5/c1-2-25-14-18-17-10-6-7-11-19(17)27-21(18)22(24)26-13-16-12-20(28-23-16)15-8-4-3-5-9-15/h3-12H,2,13-14H2,1H3. The lowest BCUT2D eigenvalue weighted by atomic mass is 10.1. The lowest BCUT2D eigenvalue weighted by molar-refractivity contribution is 0.0422. The SMILES string of the molecule is CCOCc1c(C(=O)OCc2cc(-c3ccccc3)on2)oc2ccccc12. The molecule has 4 aromatic rings. The summed E-state index contributed by atoms with van der Waals surface area (Å²) in [4.78, 5) is 12.6. The summed E-state index contributed by atoms with van der Waals surface area (Å²) in [6.45, 7) is 2.70. The summed E-state index contributed by atoms with van der Waals surface area (Å²) in [5.74, 6) is 0.212. The van der Waals surface area contributed by atoms with Crippen LogP contribution in [-0.4, -0.2) is 17.7 Å². The first-order valence-electron chi connectivity index (χ1n) is 9.02. The van der Waals surface area contributed by atoms with Crippen molar-refractivity contribution in [2.45, 2.75) is 20.1 Å². The third-order valence-corrected chi connectivity index (χ3v) is 4.30. The lowest BCUT2D eigenvalue weighted by Crippen LogP contribution is -2.07. The van der Waals surface area contributed by atoms with Crippen molar-refractivity contribution in [2.24, 2.45) is 0 Å². The molecule has 6 heteroatoms. The van der Waals surface area contributed by atoms with E-state index in [-0.39, 0.29) is 19.0 Å². The third-order valence-electron chi connectivity index (χ3n) is 4.30. The first kappa shape index (κ1) is 18.0. The van der Waals surface area contributed by atoms with Crippen LogP contribution in [0.2, 0.25) is 0 Å². The van der Waals surface area contributed by atoms with Gasteiger partial charge in [0.05, 0.1) is 6.61 Å². The molecular formula is C22H19NO5. The highest BCUT2D eigenvalue weighted by atomic mass is 16.5. The molecule has 0 spiro atoms. The molecule has 0 amide bonds. The van der Waals surface area contributed by atoms with Crippen molar-refractivity contribution in [2.75, 3.05) is 6.61 Å². The van der Waals surface area contributed by atoms with E-state index in [9.17, 15) is 4.79 Å². The van der Waals surface area contributed by atoms with Crippen molar-refractivity contribution >= 4 is 16.9 Å². The summed E-state index contributed by atoms with van der Waals surface area (Å²) in [6.07, 6.45) is 0. The second-order valence-electron chi connectivity index (χ2n) is 6.17. The summed E-state index contributed by atoms with van der Waals surface area (Å²) >= 11 is 0. The predicted molar refractivity (Wildman–Crippen MR) is 103 cm³/mol. The molecule has 0 fully saturated rings. The second-order valence-corrected chi connectivity index (χ2v) is 6.17. The van der Waals surface area contributed by atoms with Crippen molar-refractivity contribution in [3.63, 3.8) is 0 Å². The zero-order valence-electron chi connectivity index (χ0n) is 15.4. The molecule has 0 unspecified atom stereocenters. The smallest absolute Gasteiger partial charge is 0.375 e. The zero-order valence-corrected chi connectivity index (χ0v) is 15.4. The number of para-hydroxylation sites is 1. The van der Waals surface area contributed by atoms with Crippen LogP contribution in [-0.2, 0) is 22.7 Å². The number of rotatable bonds is 7. The fraction of sp³-hybridized carbons (Fsp3) is 0.182. The molecule has 2 heterocycles. The van der Waals surface area contributed by atoms with E-state index in [2.05, 4.69) is 5.16 Å². The first-order chi connectivity index (χ1) is 13.8. The van der Waals surface area contributed by atoms with Gasteiger partial charge in [-0.2, -0.15) is 0 Å². The van der Waals surface area contributed by atoms with Crippen LogP contribution in [0.3, 0.4) is 0 Å². The Bertz CT molecular complexity index is 1080. The number of aromatic nitrogens is 1. The summed E-state index contributed by atoms with van der Waals surface area (Å²) in [5.41, 5.74) is 2.74. The molecule has 0 bridgehead atoms. The van der Waals surface area contributed by atoms with Gasteiger partial charge in [0.15, 0.2) is 5.76 Å². The fourth-order valence-electron chi connectivity index (χ4n) is 2.93. The summed E-state index contributed by atoms with van der Waals surface area (Å²) in [6, 6.07) is 18.8. The van der Waals surface area contributed by atoms with Crippen LogP contribution >= 0.6 is 0 Å². The van der Waals surface area contributed by atoms with Crippen molar-refractivity contribution < 1.29 is 23.2 Å². The number of hydrogen-bond acceptors (Lipinski definition) is 6. The number of esters is 1. The third kappa shape index (κ3) is 3.68. The minimum Gasteiger partial charge on any atom is -0.453 e. The fourth-order valence-corrected chi connectivity index (χ4v) is 2.93. The molecule has 0 radical (unpaired) electrons. The Labute approximate surface area is 161 Å². The number of ether oxygens (including phenoxy) is 2. The molecule has 0 aliphatic carbocycles. The number of furan rings is 1. The van der Waals surface area contributed by atoms with Crippen LogP contribution in [0.15, 0.2) is 69.6 Å². The minimum atomic E-state index is -0.560. The van der Waals surface area contributed by atoms with Crippen LogP contribution in [0.1, 0.15) is 28.7 Å². The largest absolute Gasteiger partial charge is 0.453 e. The highest BCUT2D eigenvalue weighted by Crippen LogP contribution is 2.27. The highest BCUT2D eigenvalue weighted by Gasteiger charge is 2.22. The summed E-state index contributed by atoms with van der Waals surface area (Å²) in [7, 11) is 0. The first-order valence-corrected chi connectivity index (χ1v) is 9.02. The van der Waals surface area contributed by atoms with Crippen molar-refractivity contribution in [1.29, 1.82) is 0 Å². The van der Waals surface area contributed by atoms with E-state index < -0.39 is 5.97 Å². The van der Waals surface area contributed by atoms with Crippen LogP contribution in [0, 0.1) is 0 Å². The minimum absolute atomic E-state index is 0.0136. The molecule has 2 aromatic heterocycles. The summed E-state index contributed by atoms with van der Waals surface area (Å²) in [5, 5.41) is 4.81. The molecule has 0 atom stereocenters. The number of hydrogen-bond donors (Lipinski definition) is 0. The maximum Gasteiger partial charge on any atom is 0.375 e. The van der Waals surface area contributed by atoms with Crippen molar-refractivity contribution in [3.8, 4) is 11.3 Å². The highest BCUT2D eigenvalue weighted by molar-refractivity contribution is 5.96. The van der Waals surface area contributed by atoms with Crippen molar-refractivity contribution in [1.82, 2.24) is 5.16 Å². The average molecular weight is 377 g/mol. The maximum absolute atomic E-state index is 12.6. The Morgan fingerprint density at radius 1 is 1.04 bits per heavy atom. The van der Waals surface area contributed by atoms with Gasteiger partial charge in [-0.05, 0) is 13.0 Å². The number of fused-ring (bicyclic) bond motifs is 1. The Morgan fingerprint density at radius 2 is 1.82 bits per heavy atom. The van der Waals surface area contributed by atoms with Crippen molar-refractivity contribution in [3.05, 3.63) is 77.7 Å². The molecule has 0 aliphatic heterocycles. The number of carbonyl (C=O) groups excluding carboxylic acids is 1. The Balaban J connectivity index is 1.50. The molecule has 4 rings (SSSR count). The Hall–Kier alpha value is -3.38. The molecule has 0 saturated carbocycles. The maximum atomic E-state index is 12.6. The van der Waals surface area contributed by atoms with Crippen LogP contribution in [0.5, 0.6) is 0 Å². The number of benzene rings is 2. The van der Waals surface area contributed by atoms with Gasteiger partial charge in [-0.15, -0.1) is 0 Å². The average Bonchev–Trinajstić information content (AvgIpc) is 3.36. The summed E-state index contributed by atoms with van der Waals surface area (Å²) < 4.78 is 22.0. The van der Waals surface area contributed by atoms with E-state index in [1.165, 1.54) is 0 Å². The Morgan fingerprint density at radius 3 is 2.64 bits per heavy atom. The number of carbonyl (C=O) groups is 1. The molecular weight excluding hydrogens is 358 g/mol. The van der Waals surface area contributed by atoms with E-state index >= 15 is 0 Å². The van der Waals surface area contributed by atoms with Crippen LogP contribution in [0.25, 0.3) is 22.3 Å². The Kier molecular flexibility index (Phi) is 5.21. The predicted octanol–water partition coefficient (Wildman–Crippen LogP) is 4.98. The quantitative estimate of drug-likeness (QED) is 0.423. The molecule has 142 valence electrons. The van der Waals surface area contributed by atoms with Crippen LogP contribution in [0.4, 0.5) is 0 Å².